The van der Waals surface area contributed by atoms with Crippen molar-refractivity contribution in [3.05, 3.63) is 0 Å². The van der Waals surface area contributed by atoms with E-state index in [1.807, 2.05) is 6.92 Å². The van der Waals surface area contributed by atoms with Crippen LogP contribution in [0.4, 0.5) is 0 Å². The van der Waals surface area contributed by atoms with Crippen molar-refractivity contribution >= 4 is 5.97 Å². The van der Waals surface area contributed by atoms with Crippen molar-refractivity contribution in [3.63, 3.8) is 0 Å². The Kier molecular flexibility index (Phi) is 5.68. The van der Waals surface area contributed by atoms with E-state index in [-0.39, 0.29) is 19.1 Å². The maximum atomic E-state index is 11.1. The number of rotatable bonds is 6. The Labute approximate surface area is 84.1 Å². The van der Waals surface area contributed by atoms with E-state index >= 15 is 0 Å². The average Bonchev–Trinajstić information content (AvgIpc) is 2.18. The van der Waals surface area contributed by atoms with Crippen LogP contribution in [0.1, 0.15) is 20.3 Å². The molecule has 0 aliphatic heterocycles. The van der Waals surface area contributed by atoms with E-state index in [2.05, 4.69) is 10.1 Å². The molecule has 0 aromatic heterocycles. The van der Waals surface area contributed by atoms with Crippen LogP contribution in [0.3, 0.4) is 0 Å². The lowest BCUT2D eigenvalue weighted by Crippen LogP contribution is -2.47. The maximum absolute atomic E-state index is 11.1. The fraction of sp³-hybridized carbons (Fsp3) is 0.889. The first kappa shape index (κ1) is 13.4. The molecule has 5 heteroatoms. The van der Waals surface area contributed by atoms with Gasteiger partial charge in [0.1, 0.15) is 6.04 Å². The second-order valence-electron chi connectivity index (χ2n) is 3.52. The molecule has 84 valence electrons. The van der Waals surface area contributed by atoms with Crippen LogP contribution in [0, 0.1) is 0 Å². The summed E-state index contributed by atoms with van der Waals surface area (Å²) in [5, 5.41) is 21.1. The highest BCUT2D eigenvalue weighted by Gasteiger charge is 2.23. The summed E-state index contributed by atoms with van der Waals surface area (Å²) in [6.07, 6.45) is 0.578. The summed E-state index contributed by atoms with van der Waals surface area (Å²) in [4.78, 5) is 11.1. The summed E-state index contributed by atoms with van der Waals surface area (Å²) < 4.78 is 4.56. The van der Waals surface area contributed by atoms with Crippen LogP contribution >= 0.6 is 0 Å². The van der Waals surface area contributed by atoms with E-state index in [0.717, 1.165) is 0 Å². The standard InChI is InChI=1S/C9H19NO4/c1-4-7(8(12)14-3)10-5-9(2,13)6-11/h7,10-11,13H,4-6H2,1-3H3. The summed E-state index contributed by atoms with van der Waals surface area (Å²) in [6.45, 7) is 3.13. The molecule has 0 spiro atoms. The zero-order chi connectivity index (χ0) is 11.2. The van der Waals surface area contributed by atoms with Crippen molar-refractivity contribution in [2.45, 2.75) is 31.9 Å². The number of aliphatic hydroxyl groups excluding tert-OH is 1. The molecule has 0 saturated heterocycles. The first-order valence-electron chi connectivity index (χ1n) is 4.61. The van der Waals surface area contributed by atoms with E-state index in [4.69, 9.17) is 5.11 Å². The van der Waals surface area contributed by atoms with Crippen LogP contribution in [-0.4, -0.2) is 48.1 Å². The highest BCUT2D eigenvalue weighted by Crippen LogP contribution is 2.01. The van der Waals surface area contributed by atoms with Gasteiger partial charge in [0.15, 0.2) is 0 Å². The van der Waals surface area contributed by atoms with Gasteiger partial charge in [-0.05, 0) is 13.3 Å². The first-order chi connectivity index (χ1) is 6.46. The molecule has 0 saturated carbocycles. The molecule has 5 nitrogen and oxygen atoms in total. The monoisotopic (exact) mass is 205 g/mol. The summed E-state index contributed by atoms with van der Waals surface area (Å²) in [5.74, 6) is -0.360. The van der Waals surface area contributed by atoms with E-state index in [9.17, 15) is 9.90 Å². The third-order valence-electron chi connectivity index (χ3n) is 1.96. The van der Waals surface area contributed by atoms with Gasteiger partial charge in [0.2, 0.25) is 0 Å². The summed E-state index contributed by atoms with van der Waals surface area (Å²) in [6, 6.07) is -0.432. The maximum Gasteiger partial charge on any atom is 0.322 e. The van der Waals surface area contributed by atoms with Crippen LogP contribution in [0.25, 0.3) is 0 Å². The number of esters is 1. The highest BCUT2D eigenvalue weighted by atomic mass is 16.5. The van der Waals surface area contributed by atoms with E-state index in [1.165, 1.54) is 14.0 Å². The van der Waals surface area contributed by atoms with Crippen LogP contribution in [0.5, 0.6) is 0 Å². The molecule has 2 atom stereocenters. The zero-order valence-corrected chi connectivity index (χ0v) is 8.91. The molecule has 0 aromatic rings. The van der Waals surface area contributed by atoms with E-state index < -0.39 is 11.6 Å². The van der Waals surface area contributed by atoms with Gasteiger partial charge in [-0.1, -0.05) is 6.92 Å². The number of carbonyl (C=O) groups is 1. The van der Waals surface area contributed by atoms with Gasteiger partial charge >= 0.3 is 5.97 Å². The number of ether oxygens (including phenoxy) is 1. The van der Waals surface area contributed by atoms with Crippen LogP contribution in [0.2, 0.25) is 0 Å². The SMILES string of the molecule is CCC(NCC(C)(O)CO)C(=O)OC. The van der Waals surface area contributed by atoms with Crippen LogP contribution in [-0.2, 0) is 9.53 Å². The predicted octanol–water partition coefficient (Wildman–Crippen LogP) is -0.729. The Balaban J connectivity index is 4.02. The van der Waals surface area contributed by atoms with Crippen molar-refractivity contribution in [1.82, 2.24) is 5.32 Å². The van der Waals surface area contributed by atoms with Crippen molar-refractivity contribution in [1.29, 1.82) is 0 Å². The highest BCUT2D eigenvalue weighted by molar-refractivity contribution is 5.75. The lowest BCUT2D eigenvalue weighted by atomic mass is 10.1. The lowest BCUT2D eigenvalue weighted by Gasteiger charge is -2.23. The van der Waals surface area contributed by atoms with Gasteiger partial charge in [-0.2, -0.15) is 0 Å². The number of methoxy groups -OCH3 is 1. The lowest BCUT2D eigenvalue weighted by molar-refractivity contribution is -0.143. The largest absolute Gasteiger partial charge is 0.468 e. The predicted molar refractivity (Wildman–Crippen MR) is 51.8 cm³/mol. The molecule has 2 unspecified atom stereocenters. The van der Waals surface area contributed by atoms with Gasteiger partial charge in [-0.3, -0.25) is 4.79 Å². The van der Waals surface area contributed by atoms with Crippen molar-refractivity contribution in [2.75, 3.05) is 20.3 Å². The van der Waals surface area contributed by atoms with Crippen molar-refractivity contribution in [3.8, 4) is 0 Å². The van der Waals surface area contributed by atoms with Crippen molar-refractivity contribution in [2.24, 2.45) is 0 Å². The van der Waals surface area contributed by atoms with Crippen LogP contribution in [0.15, 0.2) is 0 Å². The minimum absolute atomic E-state index is 0.150. The molecule has 0 aromatic carbocycles. The Morgan fingerprint density at radius 3 is 2.57 bits per heavy atom. The van der Waals surface area contributed by atoms with Gasteiger partial charge in [0.05, 0.1) is 19.3 Å². The van der Waals surface area contributed by atoms with Gasteiger partial charge in [-0.15, -0.1) is 0 Å². The second kappa shape index (κ2) is 5.95. The Hall–Kier alpha value is -0.650. The second-order valence-corrected chi connectivity index (χ2v) is 3.52. The minimum atomic E-state index is -1.21. The number of aliphatic hydroxyl groups is 2. The van der Waals surface area contributed by atoms with Gasteiger partial charge < -0.3 is 20.3 Å². The minimum Gasteiger partial charge on any atom is -0.468 e. The Morgan fingerprint density at radius 2 is 2.21 bits per heavy atom. The third-order valence-corrected chi connectivity index (χ3v) is 1.96. The average molecular weight is 205 g/mol. The molecule has 3 N–H and O–H groups in total. The Morgan fingerprint density at radius 1 is 1.64 bits per heavy atom. The molecule has 0 aliphatic rings. The molecule has 0 fully saturated rings. The molecular formula is C9H19NO4. The number of hydrogen-bond donors (Lipinski definition) is 3. The number of carbonyl (C=O) groups excluding carboxylic acids is 1. The summed E-state index contributed by atoms with van der Waals surface area (Å²) >= 11 is 0. The van der Waals surface area contributed by atoms with Gasteiger partial charge in [-0.25, -0.2) is 0 Å². The van der Waals surface area contributed by atoms with Crippen LogP contribution < -0.4 is 5.32 Å². The molecular weight excluding hydrogens is 186 g/mol. The topological polar surface area (TPSA) is 78.8 Å². The quantitative estimate of drug-likeness (QED) is 0.498. The molecule has 0 aliphatic carbocycles. The normalized spacial score (nSPS) is 17.2. The number of nitrogens with one attached hydrogen (secondary N) is 1. The molecule has 0 bridgehead atoms. The zero-order valence-electron chi connectivity index (χ0n) is 8.91. The molecule has 0 amide bonds. The fourth-order valence-corrected chi connectivity index (χ4v) is 0.936. The van der Waals surface area contributed by atoms with Gasteiger partial charge in [0.25, 0.3) is 0 Å². The smallest absolute Gasteiger partial charge is 0.322 e. The number of hydrogen-bond acceptors (Lipinski definition) is 5. The van der Waals surface area contributed by atoms with E-state index in [1.54, 1.807) is 0 Å². The molecule has 14 heavy (non-hydrogen) atoms. The first-order valence-corrected chi connectivity index (χ1v) is 4.61. The summed E-state index contributed by atoms with van der Waals surface area (Å²) in [5.41, 5.74) is -1.21. The summed E-state index contributed by atoms with van der Waals surface area (Å²) in [7, 11) is 1.32. The Bertz CT molecular complexity index is 182. The third kappa shape index (κ3) is 4.55. The molecule has 0 radical (unpaired) electrons. The molecule has 0 heterocycles. The fourth-order valence-electron chi connectivity index (χ4n) is 0.936. The van der Waals surface area contributed by atoms with E-state index in [0.29, 0.717) is 6.42 Å². The van der Waals surface area contributed by atoms with Gasteiger partial charge in [0, 0.05) is 6.54 Å². The van der Waals surface area contributed by atoms with Crippen molar-refractivity contribution < 1.29 is 19.7 Å². The molecule has 0 rings (SSSR count).